The van der Waals surface area contributed by atoms with E-state index in [0.29, 0.717) is 17.6 Å². The average Bonchev–Trinajstić information content (AvgIpc) is 3.45. The molecule has 0 spiro atoms. The largest absolute Gasteiger partial charge is 0.394 e. The number of ether oxygens (including phenoxy) is 2. The predicted octanol–water partition coefficient (Wildman–Crippen LogP) is 8.76. The van der Waals surface area contributed by atoms with Crippen LogP contribution in [0, 0.1) is 11.3 Å². The van der Waals surface area contributed by atoms with Crippen molar-refractivity contribution in [1.29, 1.82) is 0 Å². The Labute approximate surface area is 330 Å². The molecule has 1 saturated heterocycles. The first-order valence-corrected chi connectivity index (χ1v) is 24.6. The van der Waals surface area contributed by atoms with Crippen LogP contribution in [0.25, 0.3) is 0 Å². The van der Waals surface area contributed by atoms with Gasteiger partial charge < -0.3 is 35.0 Å². The summed E-state index contributed by atoms with van der Waals surface area (Å²) in [7, 11) is -2.61. The highest BCUT2D eigenvalue weighted by atomic mass is 32.2. The van der Waals surface area contributed by atoms with Crippen LogP contribution in [-0.4, -0.2) is 97.8 Å². The minimum atomic E-state index is -2.61. The van der Waals surface area contributed by atoms with Gasteiger partial charge in [-0.05, 0) is 56.3 Å². The van der Waals surface area contributed by atoms with Crippen molar-refractivity contribution in [3.05, 3.63) is 11.6 Å². The third kappa shape index (κ3) is 17.9. The van der Waals surface area contributed by atoms with Crippen LogP contribution < -0.4 is 0 Å². The van der Waals surface area contributed by atoms with Crippen LogP contribution >= 0.6 is 0 Å². The molecule has 5 N–H and O–H groups in total. The van der Waals surface area contributed by atoms with Crippen molar-refractivity contribution in [1.82, 2.24) is 0 Å². The number of hydrogen-bond donors (Lipinski definition) is 5. The summed E-state index contributed by atoms with van der Waals surface area (Å²) in [5.74, 6) is 1.30. The van der Waals surface area contributed by atoms with Crippen molar-refractivity contribution in [2.75, 3.05) is 25.2 Å². The number of aliphatic hydroxyl groups is 5. The maximum Gasteiger partial charge on any atom is 0.186 e. The zero-order chi connectivity index (χ0) is 39.2. The Balaban J connectivity index is 1.37. The molecule has 0 aromatic heterocycles. The fourth-order valence-corrected chi connectivity index (χ4v) is 10.9. The van der Waals surface area contributed by atoms with Gasteiger partial charge in [-0.25, -0.2) is 4.36 Å². The van der Waals surface area contributed by atoms with Gasteiger partial charge in [-0.2, -0.15) is 0 Å². The van der Waals surface area contributed by atoms with E-state index in [4.69, 9.17) is 9.47 Å². The van der Waals surface area contributed by atoms with Gasteiger partial charge >= 0.3 is 0 Å². The fraction of sp³-hybridized carbons (Fsp3) is 0.955. The molecule has 318 valence electrons. The van der Waals surface area contributed by atoms with Gasteiger partial charge in [0.1, 0.15) is 30.5 Å². The second-order valence-electron chi connectivity index (χ2n) is 17.8. The third-order valence-electron chi connectivity index (χ3n) is 12.5. The highest BCUT2D eigenvalue weighted by Crippen LogP contribution is 2.52. The van der Waals surface area contributed by atoms with E-state index >= 15 is 0 Å². The van der Waals surface area contributed by atoms with Crippen LogP contribution in [0.15, 0.2) is 16.0 Å². The second-order valence-corrected chi connectivity index (χ2v) is 20.3. The summed E-state index contributed by atoms with van der Waals surface area (Å²) in [6.45, 7) is 3.96. The summed E-state index contributed by atoms with van der Waals surface area (Å²) in [6, 6.07) is -0.796. The highest BCUT2D eigenvalue weighted by Gasteiger charge is 2.44. The first kappa shape index (κ1) is 47.8. The molecule has 8 unspecified atom stereocenters. The molecule has 2 fully saturated rings. The molecule has 2 aliphatic carbocycles. The number of nitrogens with zero attached hydrogens (tertiary/aromatic N) is 1. The van der Waals surface area contributed by atoms with Gasteiger partial charge in [0.2, 0.25) is 0 Å². The lowest BCUT2D eigenvalue weighted by Gasteiger charge is -2.40. The topological polar surface area (TPSA) is 149 Å². The van der Waals surface area contributed by atoms with Crippen LogP contribution in [0.2, 0.25) is 0 Å². The van der Waals surface area contributed by atoms with Crippen LogP contribution in [0.1, 0.15) is 187 Å². The summed E-state index contributed by atoms with van der Waals surface area (Å²) in [5, 5.41) is 51.7. The highest BCUT2D eigenvalue weighted by molar-refractivity contribution is 7.92. The average molecular weight is 786 g/mol. The molecule has 9 nitrogen and oxygen atoms in total. The zero-order valence-corrected chi connectivity index (χ0v) is 35.5. The summed E-state index contributed by atoms with van der Waals surface area (Å²) in [4.78, 5) is 0. The van der Waals surface area contributed by atoms with Crippen LogP contribution in [0.5, 0.6) is 0 Å². The van der Waals surface area contributed by atoms with Gasteiger partial charge in [-0.1, -0.05) is 154 Å². The van der Waals surface area contributed by atoms with E-state index < -0.39 is 59.2 Å². The molecule has 0 radical (unpaired) electrons. The Hall–Kier alpha value is -0.590. The predicted molar refractivity (Wildman–Crippen MR) is 221 cm³/mol. The van der Waals surface area contributed by atoms with E-state index in [1.165, 1.54) is 128 Å². The molecule has 1 heterocycles. The number of allylic oxidation sites excluding steroid dienone is 2. The van der Waals surface area contributed by atoms with Gasteiger partial charge in [0.25, 0.3) is 0 Å². The minimum absolute atomic E-state index is 0.162. The Kier molecular flexibility index (Phi) is 23.4. The fourth-order valence-electron chi connectivity index (χ4n) is 9.29. The number of hydrogen-bond acceptors (Lipinski definition) is 9. The van der Waals surface area contributed by atoms with Crippen LogP contribution in [0.4, 0.5) is 0 Å². The first-order chi connectivity index (χ1) is 26.0. The molecule has 0 aromatic rings. The zero-order valence-electron chi connectivity index (χ0n) is 34.7. The molecule has 10 heteroatoms. The van der Waals surface area contributed by atoms with Crippen molar-refractivity contribution in [2.24, 2.45) is 15.7 Å². The lowest BCUT2D eigenvalue weighted by Crippen LogP contribution is -2.59. The van der Waals surface area contributed by atoms with Crippen LogP contribution in [-0.2, 0) is 19.2 Å². The van der Waals surface area contributed by atoms with E-state index in [1.54, 1.807) is 11.8 Å². The Morgan fingerprint density at radius 3 is 1.98 bits per heavy atom. The molecule has 0 aromatic carbocycles. The monoisotopic (exact) mass is 786 g/mol. The summed E-state index contributed by atoms with van der Waals surface area (Å²) in [6.07, 6.45) is 29.0. The van der Waals surface area contributed by atoms with Crippen molar-refractivity contribution in [3.63, 3.8) is 0 Å². The molecule has 10 atom stereocenters. The normalized spacial score (nSPS) is 29.1. The standard InChI is InChI=1S/C44H83NO8S/c1-4-5-6-7-8-9-10-11-12-13-16-19-22-25-38(47)37(34-52-43-42(50)41(49)40(48)39(33-46)53-43)45-54(3,51)29-24-21-18-15-14-17-20-23-27-44-28-26-36(32-44)30-35(2)31-44/h26,35,37-43,46-50H,4-25,27-34H2,1-3H3/t35?,37-,38+,39?,40?,41?,42?,43?,44?,54?/m0/s1. The van der Waals surface area contributed by atoms with Crippen LogP contribution in [0.3, 0.4) is 0 Å². The summed E-state index contributed by atoms with van der Waals surface area (Å²) in [5.41, 5.74) is 2.30. The molecule has 3 rings (SSSR count). The number of unbranched alkanes of at least 4 members (excludes halogenated alkanes) is 19. The molecular weight excluding hydrogens is 703 g/mol. The van der Waals surface area contributed by atoms with Crippen molar-refractivity contribution < 1.29 is 39.2 Å². The van der Waals surface area contributed by atoms with Gasteiger partial charge in [-0.3, -0.25) is 4.21 Å². The maximum absolute atomic E-state index is 13.7. The molecule has 54 heavy (non-hydrogen) atoms. The molecule has 2 bridgehead atoms. The van der Waals surface area contributed by atoms with E-state index in [0.717, 1.165) is 44.4 Å². The Morgan fingerprint density at radius 2 is 1.39 bits per heavy atom. The number of aliphatic hydroxyl groups excluding tert-OH is 5. The first-order valence-electron chi connectivity index (χ1n) is 22.5. The second kappa shape index (κ2) is 26.4. The molecule has 1 saturated carbocycles. The van der Waals surface area contributed by atoms with E-state index in [2.05, 4.69) is 24.3 Å². The lowest BCUT2D eigenvalue weighted by molar-refractivity contribution is -0.302. The summed E-state index contributed by atoms with van der Waals surface area (Å²) < 4.78 is 29.7. The molecule has 1 aliphatic heterocycles. The van der Waals surface area contributed by atoms with Gasteiger partial charge in [0.15, 0.2) is 6.29 Å². The smallest absolute Gasteiger partial charge is 0.186 e. The van der Waals surface area contributed by atoms with Gasteiger partial charge in [0.05, 0.1) is 19.3 Å². The molecule has 3 aliphatic rings. The van der Waals surface area contributed by atoms with Gasteiger partial charge in [-0.15, -0.1) is 0 Å². The Morgan fingerprint density at radius 1 is 0.833 bits per heavy atom. The Bertz CT molecular complexity index is 1140. The number of rotatable bonds is 31. The van der Waals surface area contributed by atoms with Crippen molar-refractivity contribution in [2.45, 2.75) is 230 Å². The van der Waals surface area contributed by atoms with E-state index in [9.17, 15) is 29.7 Å². The minimum Gasteiger partial charge on any atom is -0.394 e. The SMILES string of the molecule is CCCCCCCCCCCCCCC[C@@H](O)[C@H](COC1OC(CO)C(O)C(O)C1O)N=S(C)(=O)CCCCCCCCCCC12CC=C(CC(C)C1)C2. The number of fused-ring (bicyclic) bond motifs is 2. The van der Waals surface area contributed by atoms with Gasteiger partial charge in [0, 0.05) is 21.7 Å². The lowest BCUT2D eigenvalue weighted by atomic mass is 9.69. The maximum atomic E-state index is 13.7. The molecule has 0 amide bonds. The summed E-state index contributed by atoms with van der Waals surface area (Å²) >= 11 is 0. The van der Waals surface area contributed by atoms with Crippen molar-refractivity contribution >= 4 is 9.73 Å². The van der Waals surface area contributed by atoms with Crippen molar-refractivity contribution in [3.8, 4) is 0 Å². The quantitative estimate of drug-likeness (QED) is 0.0346. The molecular formula is C44H83NO8S. The van der Waals surface area contributed by atoms with E-state index in [-0.39, 0.29) is 6.61 Å². The third-order valence-corrected chi connectivity index (χ3v) is 14.2. The van der Waals surface area contributed by atoms with E-state index in [1.807, 2.05) is 0 Å².